The maximum absolute atomic E-state index is 9.15. The molecule has 0 amide bonds. The van der Waals surface area contributed by atoms with Gasteiger partial charge in [0.2, 0.25) is 5.82 Å². The third-order valence-electron chi connectivity index (χ3n) is 7.89. The molecule has 9 nitrogen and oxygen atoms in total. The van der Waals surface area contributed by atoms with Crippen molar-refractivity contribution in [1.82, 2.24) is 29.4 Å². The molecule has 0 radical (unpaired) electrons. The Labute approximate surface area is 244 Å². The number of hydrogen-bond acceptors (Lipinski definition) is 8. The molecule has 0 N–H and O–H groups in total. The molecule has 1 saturated heterocycles. The highest BCUT2D eigenvalue weighted by molar-refractivity contribution is 5.83. The van der Waals surface area contributed by atoms with Crippen LogP contribution in [0.5, 0.6) is 5.75 Å². The van der Waals surface area contributed by atoms with E-state index in [1.807, 2.05) is 30.5 Å². The zero-order chi connectivity index (χ0) is 28.3. The highest BCUT2D eigenvalue weighted by Crippen LogP contribution is 2.41. The van der Waals surface area contributed by atoms with Crippen molar-refractivity contribution in [1.29, 1.82) is 5.26 Å². The molecule has 0 spiro atoms. The van der Waals surface area contributed by atoms with Crippen molar-refractivity contribution in [2.75, 3.05) is 31.1 Å². The van der Waals surface area contributed by atoms with Gasteiger partial charge in [0.05, 0.1) is 17.0 Å². The van der Waals surface area contributed by atoms with Gasteiger partial charge in [0.1, 0.15) is 23.5 Å². The van der Waals surface area contributed by atoms with Crippen molar-refractivity contribution in [3.05, 3.63) is 96.7 Å². The normalized spacial score (nSPS) is 15.1. The van der Waals surface area contributed by atoms with E-state index < -0.39 is 0 Å². The number of rotatable bonds is 5. The summed E-state index contributed by atoms with van der Waals surface area (Å²) >= 11 is 0. The fourth-order valence-corrected chi connectivity index (χ4v) is 5.87. The van der Waals surface area contributed by atoms with Crippen LogP contribution in [-0.2, 0) is 13.3 Å². The Balaban J connectivity index is 1.09. The molecule has 0 bridgehead atoms. The van der Waals surface area contributed by atoms with Crippen molar-refractivity contribution in [2.24, 2.45) is 0 Å². The van der Waals surface area contributed by atoms with Crippen LogP contribution in [0, 0.1) is 11.3 Å². The molecule has 2 aromatic carbocycles. The summed E-state index contributed by atoms with van der Waals surface area (Å²) in [6.07, 6.45) is 7.31. The van der Waals surface area contributed by atoms with E-state index in [1.54, 1.807) is 12.4 Å². The number of ether oxygens (including phenoxy) is 1. The van der Waals surface area contributed by atoms with E-state index in [4.69, 9.17) is 15.0 Å². The van der Waals surface area contributed by atoms with Crippen molar-refractivity contribution < 1.29 is 4.74 Å². The first-order valence-electron chi connectivity index (χ1n) is 14.3. The number of anilines is 1. The van der Waals surface area contributed by atoms with Crippen LogP contribution in [0.1, 0.15) is 24.2 Å². The number of hydrogen-bond donors (Lipinski definition) is 0. The lowest BCUT2D eigenvalue weighted by Gasteiger charge is -2.31. The topological polar surface area (TPSA) is 96.0 Å². The molecule has 2 aliphatic heterocycles. The predicted octanol–water partition coefficient (Wildman–Crippen LogP) is 5.39. The maximum Gasteiger partial charge on any atom is 0.234 e. The van der Waals surface area contributed by atoms with E-state index in [0.717, 1.165) is 91.0 Å². The Morgan fingerprint density at radius 1 is 0.833 bits per heavy atom. The van der Waals surface area contributed by atoms with Gasteiger partial charge in [-0.1, -0.05) is 54.6 Å². The van der Waals surface area contributed by atoms with Crippen molar-refractivity contribution in [3.8, 4) is 45.7 Å². The molecule has 2 aliphatic rings. The van der Waals surface area contributed by atoms with Gasteiger partial charge in [0.25, 0.3) is 0 Å². The number of benzene rings is 2. The second-order valence-corrected chi connectivity index (χ2v) is 10.6. The SMILES string of the molecule is N#Cc1nccc(N2CCCN(Cc3ccc(-c4nc5n(c4-c4ccccc4)COc4ccncc4-5)cc3)CCC2)n1. The first-order chi connectivity index (χ1) is 20.8. The summed E-state index contributed by atoms with van der Waals surface area (Å²) in [6.45, 7) is 5.15. The van der Waals surface area contributed by atoms with Crippen LogP contribution < -0.4 is 9.64 Å². The highest BCUT2D eigenvalue weighted by Gasteiger charge is 2.26. The summed E-state index contributed by atoms with van der Waals surface area (Å²) < 4.78 is 8.23. The molecule has 208 valence electrons. The number of imidazole rings is 1. The van der Waals surface area contributed by atoms with Gasteiger partial charge in [0.15, 0.2) is 6.73 Å². The number of nitriles is 1. The second kappa shape index (κ2) is 11.4. The van der Waals surface area contributed by atoms with E-state index in [0.29, 0.717) is 6.73 Å². The van der Waals surface area contributed by atoms with Gasteiger partial charge in [-0.3, -0.25) is 14.5 Å². The van der Waals surface area contributed by atoms with Gasteiger partial charge in [-0.15, -0.1) is 0 Å². The number of aromatic nitrogens is 5. The zero-order valence-corrected chi connectivity index (χ0v) is 23.2. The summed E-state index contributed by atoms with van der Waals surface area (Å²) in [5.41, 5.74) is 6.37. The van der Waals surface area contributed by atoms with Crippen LogP contribution >= 0.6 is 0 Å². The Morgan fingerprint density at radius 2 is 1.64 bits per heavy atom. The van der Waals surface area contributed by atoms with Crippen molar-refractivity contribution >= 4 is 5.82 Å². The van der Waals surface area contributed by atoms with Gasteiger partial charge in [-0.2, -0.15) is 5.26 Å². The van der Waals surface area contributed by atoms with Gasteiger partial charge in [-0.05, 0) is 30.5 Å². The number of fused-ring (bicyclic) bond motifs is 3. The molecule has 0 unspecified atom stereocenters. The molecule has 5 heterocycles. The van der Waals surface area contributed by atoms with Gasteiger partial charge in [-0.25, -0.2) is 15.0 Å². The lowest BCUT2D eigenvalue weighted by molar-refractivity contribution is 0.231. The highest BCUT2D eigenvalue weighted by atomic mass is 16.5. The van der Waals surface area contributed by atoms with E-state index >= 15 is 0 Å². The fourth-order valence-electron chi connectivity index (χ4n) is 5.87. The van der Waals surface area contributed by atoms with E-state index in [1.165, 1.54) is 5.56 Å². The summed E-state index contributed by atoms with van der Waals surface area (Å²) in [5, 5.41) is 9.15. The molecule has 0 saturated carbocycles. The van der Waals surface area contributed by atoms with Gasteiger partial charge < -0.3 is 9.64 Å². The third-order valence-corrected chi connectivity index (χ3v) is 7.89. The molecule has 9 heteroatoms. The number of nitrogens with zero attached hydrogens (tertiary/aromatic N) is 8. The molecule has 7 rings (SSSR count). The fraction of sp³-hybridized carbons (Fsp3) is 0.242. The van der Waals surface area contributed by atoms with Gasteiger partial charge in [0, 0.05) is 62.4 Å². The van der Waals surface area contributed by atoms with Crippen LogP contribution in [0.25, 0.3) is 33.9 Å². The Kier molecular flexibility index (Phi) is 7.04. The maximum atomic E-state index is 9.15. The summed E-state index contributed by atoms with van der Waals surface area (Å²) in [6, 6.07) is 25.0. The number of pyridine rings is 1. The van der Waals surface area contributed by atoms with E-state index in [2.05, 4.69) is 77.8 Å². The predicted molar refractivity (Wildman–Crippen MR) is 160 cm³/mol. The van der Waals surface area contributed by atoms with Gasteiger partial charge >= 0.3 is 0 Å². The minimum Gasteiger partial charge on any atom is -0.472 e. The molecule has 1 fully saturated rings. The first-order valence-corrected chi connectivity index (χ1v) is 14.3. The molecule has 5 aromatic rings. The Hall–Kier alpha value is -5.07. The minimum absolute atomic E-state index is 0.224. The van der Waals surface area contributed by atoms with Crippen LogP contribution in [0.15, 0.2) is 85.3 Å². The van der Waals surface area contributed by atoms with Crippen LogP contribution in [-0.4, -0.2) is 55.6 Å². The summed E-state index contributed by atoms with van der Waals surface area (Å²) in [4.78, 5) is 22.7. The molecular weight excluding hydrogens is 524 g/mol. The molecule has 42 heavy (non-hydrogen) atoms. The second-order valence-electron chi connectivity index (χ2n) is 10.6. The molecule has 0 atom stereocenters. The first kappa shape index (κ1) is 25.9. The Morgan fingerprint density at radius 3 is 2.43 bits per heavy atom. The molecule has 3 aromatic heterocycles. The lowest BCUT2D eigenvalue weighted by Crippen LogP contribution is -2.36. The standard InChI is InChI=1S/C33H30N8O/c34-20-29-36-15-13-30(37-29)40-18-4-16-39(17-5-19-40)22-24-8-10-25(11-9-24)31-32(26-6-2-1-3-7-26)41-23-42-28-12-14-35-21-27(28)33(41)38-31/h1-3,6-15,21H,4-5,16-19,22-23H2. The van der Waals surface area contributed by atoms with E-state index in [-0.39, 0.29) is 5.82 Å². The lowest BCUT2D eigenvalue weighted by atomic mass is 10.0. The average molecular weight is 555 g/mol. The third kappa shape index (κ3) is 5.08. The van der Waals surface area contributed by atoms with Crippen molar-refractivity contribution in [2.45, 2.75) is 26.1 Å². The van der Waals surface area contributed by atoms with Crippen molar-refractivity contribution in [3.63, 3.8) is 0 Å². The largest absolute Gasteiger partial charge is 0.472 e. The Bertz CT molecular complexity index is 1730. The summed E-state index contributed by atoms with van der Waals surface area (Å²) in [5.74, 6) is 2.75. The monoisotopic (exact) mass is 554 g/mol. The van der Waals surface area contributed by atoms with Crippen LogP contribution in [0.4, 0.5) is 5.82 Å². The van der Waals surface area contributed by atoms with E-state index in [9.17, 15) is 0 Å². The molecule has 0 aliphatic carbocycles. The quantitative estimate of drug-likeness (QED) is 0.285. The van der Waals surface area contributed by atoms with Crippen LogP contribution in [0.2, 0.25) is 0 Å². The average Bonchev–Trinajstić information content (AvgIpc) is 3.43. The van der Waals surface area contributed by atoms with Crippen LogP contribution in [0.3, 0.4) is 0 Å². The summed E-state index contributed by atoms with van der Waals surface area (Å²) in [7, 11) is 0. The molecular formula is C33H30N8O. The zero-order valence-electron chi connectivity index (χ0n) is 23.2. The minimum atomic E-state index is 0.224. The smallest absolute Gasteiger partial charge is 0.234 e.